The first kappa shape index (κ1) is 17.8. The monoisotopic (exact) mass is 354 g/mol. The largest absolute Gasteiger partial charge is 0.345 e. The van der Waals surface area contributed by atoms with Crippen molar-refractivity contribution in [2.24, 2.45) is 11.7 Å². The highest BCUT2D eigenvalue weighted by atomic mass is 35.5. The van der Waals surface area contributed by atoms with E-state index in [1.165, 1.54) is 6.20 Å². The van der Waals surface area contributed by atoms with E-state index in [9.17, 15) is 4.79 Å². The average Bonchev–Trinajstić information content (AvgIpc) is 2.96. The van der Waals surface area contributed by atoms with E-state index >= 15 is 0 Å². The van der Waals surface area contributed by atoms with Crippen LogP contribution in [0.25, 0.3) is 5.69 Å². The molecule has 2 rings (SSSR count). The standard InChI is InChI=1S/C16H20Cl2N4O/c1-10(2)16(3,9-19)21-15(23)11-7-20-22(8-11)14-5-4-12(17)6-13(14)18/h4-8,10H,9,19H2,1-3H3,(H,21,23). The second-order valence-corrected chi connectivity index (χ2v) is 6.84. The van der Waals surface area contributed by atoms with Crippen LogP contribution < -0.4 is 11.1 Å². The van der Waals surface area contributed by atoms with Crippen LogP contribution in [-0.2, 0) is 0 Å². The Kier molecular flexibility index (Phi) is 5.34. The van der Waals surface area contributed by atoms with Gasteiger partial charge in [0.15, 0.2) is 0 Å². The number of carbonyl (C=O) groups is 1. The number of nitrogens with two attached hydrogens (primary N) is 1. The molecule has 1 unspecified atom stereocenters. The Morgan fingerprint density at radius 2 is 2.13 bits per heavy atom. The van der Waals surface area contributed by atoms with E-state index < -0.39 is 5.54 Å². The molecule has 1 aromatic carbocycles. The van der Waals surface area contributed by atoms with Crippen LogP contribution in [0.15, 0.2) is 30.6 Å². The van der Waals surface area contributed by atoms with Gasteiger partial charge in [-0.2, -0.15) is 5.10 Å². The fourth-order valence-corrected chi connectivity index (χ4v) is 2.50. The van der Waals surface area contributed by atoms with E-state index in [1.807, 2.05) is 20.8 Å². The number of nitrogens with one attached hydrogen (secondary N) is 1. The van der Waals surface area contributed by atoms with Crippen LogP contribution in [0.5, 0.6) is 0 Å². The number of hydrogen-bond donors (Lipinski definition) is 2. The normalized spacial score (nSPS) is 13.9. The van der Waals surface area contributed by atoms with Crippen LogP contribution in [0.2, 0.25) is 10.0 Å². The number of aromatic nitrogens is 2. The van der Waals surface area contributed by atoms with Crippen LogP contribution in [0.1, 0.15) is 31.1 Å². The van der Waals surface area contributed by atoms with Gasteiger partial charge in [-0.1, -0.05) is 37.0 Å². The van der Waals surface area contributed by atoms with Crippen LogP contribution in [0, 0.1) is 5.92 Å². The third-order valence-electron chi connectivity index (χ3n) is 4.10. The number of benzene rings is 1. The van der Waals surface area contributed by atoms with Gasteiger partial charge in [-0.15, -0.1) is 0 Å². The molecule has 1 amide bonds. The summed E-state index contributed by atoms with van der Waals surface area (Å²) in [7, 11) is 0. The lowest BCUT2D eigenvalue weighted by Crippen LogP contribution is -2.54. The van der Waals surface area contributed by atoms with E-state index in [2.05, 4.69) is 10.4 Å². The molecule has 7 heteroatoms. The van der Waals surface area contributed by atoms with E-state index in [0.29, 0.717) is 27.8 Å². The maximum Gasteiger partial charge on any atom is 0.254 e. The van der Waals surface area contributed by atoms with Crippen molar-refractivity contribution in [2.75, 3.05) is 6.54 Å². The maximum absolute atomic E-state index is 12.4. The number of halogens is 2. The summed E-state index contributed by atoms with van der Waals surface area (Å²) in [5, 5.41) is 8.17. The molecular weight excluding hydrogens is 335 g/mol. The molecule has 0 spiro atoms. The molecule has 23 heavy (non-hydrogen) atoms. The Hall–Kier alpha value is -1.56. The Morgan fingerprint density at radius 3 is 2.70 bits per heavy atom. The Labute approximate surface area is 145 Å². The molecule has 0 bridgehead atoms. The topological polar surface area (TPSA) is 72.9 Å². The molecule has 2 aromatic rings. The smallest absolute Gasteiger partial charge is 0.254 e. The molecule has 0 saturated carbocycles. The van der Waals surface area contributed by atoms with Crippen LogP contribution in [-0.4, -0.2) is 27.8 Å². The summed E-state index contributed by atoms with van der Waals surface area (Å²) in [5.74, 6) is -0.0137. The number of rotatable bonds is 5. The molecule has 0 fully saturated rings. The zero-order valence-corrected chi connectivity index (χ0v) is 14.8. The van der Waals surface area contributed by atoms with Gasteiger partial charge in [0, 0.05) is 17.8 Å². The van der Waals surface area contributed by atoms with E-state index in [-0.39, 0.29) is 11.8 Å². The van der Waals surface area contributed by atoms with Crippen LogP contribution >= 0.6 is 23.2 Å². The van der Waals surface area contributed by atoms with E-state index in [0.717, 1.165) is 0 Å². The van der Waals surface area contributed by atoms with Gasteiger partial charge in [0.1, 0.15) is 0 Å². The minimum absolute atomic E-state index is 0.206. The molecule has 0 radical (unpaired) electrons. The van der Waals surface area contributed by atoms with Crippen molar-refractivity contribution in [3.05, 3.63) is 46.2 Å². The first-order valence-electron chi connectivity index (χ1n) is 7.29. The average molecular weight is 355 g/mol. The van der Waals surface area contributed by atoms with Crippen molar-refractivity contribution in [3.8, 4) is 5.69 Å². The Bertz CT molecular complexity index is 714. The molecule has 3 N–H and O–H groups in total. The highest BCUT2D eigenvalue weighted by Gasteiger charge is 2.29. The molecule has 1 heterocycles. The number of nitrogens with zero attached hydrogens (tertiary/aromatic N) is 2. The SMILES string of the molecule is CC(C)C(C)(CN)NC(=O)c1cnn(-c2ccc(Cl)cc2Cl)c1. The first-order valence-corrected chi connectivity index (χ1v) is 8.05. The van der Waals surface area contributed by atoms with Crippen molar-refractivity contribution in [3.63, 3.8) is 0 Å². The minimum Gasteiger partial charge on any atom is -0.345 e. The van der Waals surface area contributed by atoms with Crippen molar-refractivity contribution in [1.82, 2.24) is 15.1 Å². The lowest BCUT2D eigenvalue weighted by molar-refractivity contribution is 0.0883. The van der Waals surface area contributed by atoms with Gasteiger partial charge in [0.05, 0.1) is 28.0 Å². The van der Waals surface area contributed by atoms with E-state index in [4.69, 9.17) is 28.9 Å². The molecule has 0 aliphatic heterocycles. The highest BCUT2D eigenvalue weighted by molar-refractivity contribution is 6.35. The zero-order chi connectivity index (χ0) is 17.2. The molecule has 1 aromatic heterocycles. The van der Waals surface area contributed by atoms with Crippen molar-refractivity contribution >= 4 is 29.1 Å². The van der Waals surface area contributed by atoms with Gasteiger partial charge in [-0.25, -0.2) is 4.68 Å². The van der Waals surface area contributed by atoms with Crippen LogP contribution in [0.4, 0.5) is 0 Å². The Morgan fingerprint density at radius 1 is 1.43 bits per heavy atom. The third-order valence-corrected chi connectivity index (χ3v) is 4.64. The lowest BCUT2D eigenvalue weighted by atomic mass is 9.88. The molecule has 1 atom stereocenters. The molecular formula is C16H20Cl2N4O. The van der Waals surface area contributed by atoms with Gasteiger partial charge < -0.3 is 11.1 Å². The molecule has 0 aliphatic rings. The first-order chi connectivity index (χ1) is 10.8. The van der Waals surface area contributed by atoms with Crippen molar-refractivity contribution in [1.29, 1.82) is 0 Å². The van der Waals surface area contributed by atoms with Gasteiger partial charge in [-0.3, -0.25) is 4.79 Å². The quantitative estimate of drug-likeness (QED) is 0.865. The van der Waals surface area contributed by atoms with Gasteiger partial charge in [0.2, 0.25) is 0 Å². The highest BCUT2D eigenvalue weighted by Crippen LogP contribution is 2.24. The van der Waals surface area contributed by atoms with Crippen molar-refractivity contribution in [2.45, 2.75) is 26.3 Å². The van der Waals surface area contributed by atoms with E-state index in [1.54, 1.807) is 29.1 Å². The maximum atomic E-state index is 12.4. The second kappa shape index (κ2) is 6.91. The minimum atomic E-state index is -0.475. The molecule has 0 aliphatic carbocycles. The lowest BCUT2D eigenvalue weighted by Gasteiger charge is -2.33. The summed E-state index contributed by atoms with van der Waals surface area (Å²) in [4.78, 5) is 12.4. The second-order valence-electron chi connectivity index (χ2n) is 6.00. The summed E-state index contributed by atoms with van der Waals surface area (Å²) in [6.07, 6.45) is 3.12. The summed E-state index contributed by atoms with van der Waals surface area (Å²) in [6.45, 7) is 6.32. The molecule has 5 nitrogen and oxygen atoms in total. The zero-order valence-electron chi connectivity index (χ0n) is 13.3. The third kappa shape index (κ3) is 3.86. The predicted octanol–water partition coefficient (Wildman–Crippen LogP) is 3.28. The Balaban J connectivity index is 2.23. The fraction of sp³-hybridized carbons (Fsp3) is 0.375. The predicted molar refractivity (Wildman–Crippen MR) is 93.3 cm³/mol. The number of carbonyl (C=O) groups excluding carboxylic acids is 1. The fourth-order valence-electron chi connectivity index (χ4n) is 2.00. The van der Waals surface area contributed by atoms with Crippen molar-refractivity contribution < 1.29 is 4.79 Å². The molecule has 124 valence electrons. The summed E-state index contributed by atoms with van der Waals surface area (Å²) in [6, 6.07) is 5.09. The van der Waals surface area contributed by atoms with Gasteiger partial charge in [0.25, 0.3) is 5.91 Å². The number of amides is 1. The summed E-state index contributed by atoms with van der Waals surface area (Å²) in [5.41, 5.74) is 6.42. The van der Waals surface area contributed by atoms with Gasteiger partial charge in [-0.05, 0) is 31.0 Å². The number of hydrogen-bond acceptors (Lipinski definition) is 3. The van der Waals surface area contributed by atoms with Gasteiger partial charge >= 0.3 is 0 Å². The molecule has 0 saturated heterocycles. The van der Waals surface area contributed by atoms with Crippen LogP contribution in [0.3, 0.4) is 0 Å². The summed E-state index contributed by atoms with van der Waals surface area (Å²) >= 11 is 12.0. The summed E-state index contributed by atoms with van der Waals surface area (Å²) < 4.78 is 1.54.